The average Bonchev–Trinajstić information content (AvgIpc) is 2.41. The van der Waals surface area contributed by atoms with Crippen molar-refractivity contribution >= 4 is 29.9 Å². The van der Waals surface area contributed by atoms with E-state index in [-0.39, 0.29) is 24.0 Å². The predicted octanol–water partition coefficient (Wildman–Crippen LogP) is 3.18. The van der Waals surface area contributed by atoms with E-state index in [0.29, 0.717) is 17.9 Å². The number of aliphatic imine (C=N–C) groups is 1. The molecule has 1 unspecified atom stereocenters. The van der Waals surface area contributed by atoms with Gasteiger partial charge in [-0.15, -0.1) is 24.0 Å². The van der Waals surface area contributed by atoms with Gasteiger partial charge in [0.25, 0.3) is 0 Å². The molecule has 3 nitrogen and oxygen atoms in total. The molecule has 2 aliphatic carbocycles. The summed E-state index contributed by atoms with van der Waals surface area (Å²) < 4.78 is 0. The van der Waals surface area contributed by atoms with Gasteiger partial charge in [-0.25, -0.2) is 0 Å². The molecule has 3 N–H and O–H groups in total. The summed E-state index contributed by atoms with van der Waals surface area (Å²) in [4.78, 5) is 4.52. The van der Waals surface area contributed by atoms with Gasteiger partial charge >= 0.3 is 0 Å². The molecule has 0 aromatic heterocycles. The second-order valence-electron chi connectivity index (χ2n) is 5.81. The van der Waals surface area contributed by atoms with E-state index in [1.165, 1.54) is 43.2 Å². The van der Waals surface area contributed by atoms with Crippen LogP contribution in [0.1, 0.15) is 49.1 Å². The zero-order valence-corrected chi connectivity index (χ0v) is 14.2. The molecule has 0 amide bonds. The van der Waals surface area contributed by atoms with Crippen molar-refractivity contribution in [3.05, 3.63) is 35.4 Å². The molecule has 20 heavy (non-hydrogen) atoms. The lowest BCUT2D eigenvalue weighted by atomic mass is 9.78. The Bertz CT molecular complexity index is 467. The predicted molar refractivity (Wildman–Crippen MR) is 94.8 cm³/mol. The number of hydrogen-bond donors (Lipinski definition) is 2. The first-order valence-corrected chi connectivity index (χ1v) is 7.47. The summed E-state index contributed by atoms with van der Waals surface area (Å²) in [6.07, 6.45) is 7.64. The number of fused-ring (bicyclic) bond motifs is 1. The Hall–Kier alpha value is -0.780. The van der Waals surface area contributed by atoms with Gasteiger partial charge in [0.05, 0.1) is 0 Å². The maximum atomic E-state index is 5.99. The van der Waals surface area contributed by atoms with E-state index in [0.717, 1.165) is 13.0 Å². The molecule has 1 fully saturated rings. The summed E-state index contributed by atoms with van der Waals surface area (Å²) in [5, 5.41) is 3.37. The molecule has 3 rings (SSSR count). The fourth-order valence-corrected chi connectivity index (χ4v) is 3.24. The van der Waals surface area contributed by atoms with Crippen molar-refractivity contribution < 1.29 is 0 Å². The molecule has 0 heterocycles. The number of nitrogens with one attached hydrogen (secondary N) is 1. The standard InChI is InChI=1S/C16H23N3.HI/c17-16(19-14-7-2-1-3-8-14)18-11-13-10-12-6-4-5-9-15(12)13;/h4-6,9,13-14H,1-3,7-8,10-11H2,(H3,17,18,19);1H. The van der Waals surface area contributed by atoms with Crippen molar-refractivity contribution in [1.29, 1.82) is 0 Å². The van der Waals surface area contributed by atoms with Crippen molar-refractivity contribution in [3.63, 3.8) is 0 Å². The molecule has 0 bridgehead atoms. The van der Waals surface area contributed by atoms with E-state index < -0.39 is 0 Å². The zero-order chi connectivity index (χ0) is 13.1. The van der Waals surface area contributed by atoms with Gasteiger partial charge < -0.3 is 11.1 Å². The van der Waals surface area contributed by atoms with Crippen LogP contribution < -0.4 is 11.1 Å². The van der Waals surface area contributed by atoms with Crippen molar-refractivity contribution in [2.45, 2.75) is 50.5 Å². The van der Waals surface area contributed by atoms with Gasteiger partial charge in [0.2, 0.25) is 0 Å². The SMILES string of the molecule is I.NC(=NCC1Cc2ccccc21)NC1CCCCC1. The molecule has 1 saturated carbocycles. The van der Waals surface area contributed by atoms with Gasteiger partial charge in [-0.05, 0) is 30.4 Å². The van der Waals surface area contributed by atoms with Crippen molar-refractivity contribution in [2.24, 2.45) is 10.7 Å². The normalized spacial score (nSPS) is 22.4. The number of nitrogens with zero attached hydrogens (tertiary/aromatic N) is 1. The molecule has 0 spiro atoms. The van der Waals surface area contributed by atoms with Crippen LogP contribution in [0.5, 0.6) is 0 Å². The topological polar surface area (TPSA) is 50.4 Å². The largest absolute Gasteiger partial charge is 0.370 e. The summed E-state index contributed by atoms with van der Waals surface area (Å²) in [6, 6.07) is 9.18. The summed E-state index contributed by atoms with van der Waals surface area (Å²) in [6.45, 7) is 0.822. The van der Waals surface area contributed by atoms with Gasteiger partial charge in [-0.3, -0.25) is 4.99 Å². The Kier molecular flexibility index (Phi) is 5.69. The minimum absolute atomic E-state index is 0. The second kappa shape index (κ2) is 7.29. The first-order valence-electron chi connectivity index (χ1n) is 7.47. The maximum Gasteiger partial charge on any atom is 0.188 e. The highest BCUT2D eigenvalue weighted by atomic mass is 127. The molecule has 4 heteroatoms. The van der Waals surface area contributed by atoms with E-state index >= 15 is 0 Å². The van der Waals surface area contributed by atoms with Gasteiger partial charge in [0.15, 0.2) is 5.96 Å². The van der Waals surface area contributed by atoms with Gasteiger partial charge in [-0.1, -0.05) is 43.5 Å². The van der Waals surface area contributed by atoms with E-state index in [1.807, 2.05) is 0 Å². The fourth-order valence-electron chi connectivity index (χ4n) is 3.24. The Morgan fingerprint density at radius 2 is 1.95 bits per heavy atom. The van der Waals surface area contributed by atoms with Crippen LogP contribution in [0.15, 0.2) is 29.3 Å². The lowest BCUT2D eigenvalue weighted by molar-refractivity contribution is 0.412. The van der Waals surface area contributed by atoms with E-state index in [9.17, 15) is 0 Å². The summed E-state index contributed by atoms with van der Waals surface area (Å²) in [5.74, 6) is 1.21. The third-order valence-corrected chi connectivity index (χ3v) is 4.40. The van der Waals surface area contributed by atoms with Crippen LogP contribution in [0.25, 0.3) is 0 Å². The Balaban J connectivity index is 0.00000147. The zero-order valence-electron chi connectivity index (χ0n) is 11.8. The van der Waals surface area contributed by atoms with Crippen LogP contribution >= 0.6 is 24.0 Å². The minimum atomic E-state index is 0. The highest BCUT2D eigenvalue weighted by molar-refractivity contribution is 14.0. The molecule has 0 saturated heterocycles. The van der Waals surface area contributed by atoms with Crippen molar-refractivity contribution in [3.8, 4) is 0 Å². The van der Waals surface area contributed by atoms with E-state index in [4.69, 9.17) is 5.73 Å². The lowest BCUT2D eigenvalue weighted by Gasteiger charge is -2.29. The molecule has 1 atom stereocenters. The third-order valence-electron chi connectivity index (χ3n) is 4.40. The molecule has 0 radical (unpaired) electrons. The Morgan fingerprint density at radius 1 is 1.20 bits per heavy atom. The van der Waals surface area contributed by atoms with Crippen LogP contribution in [-0.4, -0.2) is 18.5 Å². The number of benzene rings is 1. The Labute approximate surface area is 138 Å². The first-order chi connectivity index (χ1) is 9.33. The van der Waals surface area contributed by atoms with Gasteiger partial charge in [-0.2, -0.15) is 0 Å². The van der Waals surface area contributed by atoms with Crippen LogP contribution in [-0.2, 0) is 6.42 Å². The van der Waals surface area contributed by atoms with Crippen LogP contribution in [0.2, 0.25) is 0 Å². The van der Waals surface area contributed by atoms with E-state index in [1.54, 1.807) is 0 Å². The molecule has 1 aromatic rings. The van der Waals surface area contributed by atoms with Gasteiger partial charge in [0, 0.05) is 18.5 Å². The monoisotopic (exact) mass is 385 g/mol. The molecule has 110 valence electrons. The Morgan fingerprint density at radius 3 is 2.70 bits per heavy atom. The smallest absolute Gasteiger partial charge is 0.188 e. The lowest BCUT2D eigenvalue weighted by Crippen LogP contribution is -2.41. The number of hydrogen-bond acceptors (Lipinski definition) is 1. The average molecular weight is 385 g/mol. The molecule has 2 aliphatic rings. The highest BCUT2D eigenvalue weighted by Gasteiger charge is 2.24. The first kappa shape index (κ1) is 15.6. The fraction of sp³-hybridized carbons (Fsp3) is 0.562. The third kappa shape index (κ3) is 3.65. The summed E-state index contributed by atoms with van der Waals surface area (Å²) >= 11 is 0. The molecular formula is C16H24IN3. The number of guanidine groups is 1. The second-order valence-corrected chi connectivity index (χ2v) is 5.81. The number of rotatable bonds is 3. The van der Waals surface area contributed by atoms with E-state index in [2.05, 4.69) is 34.6 Å². The molecular weight excluding hydrogens is 361 g/mol. The number of nitrogens with two attached hydrogens (primary N) is 1. The van der Waals surface area contributed by atoms with Crippen LogP contribution in [0.3, 0.4) is 0 Å². The summed E-state index contributed by atoms with van der Waals surface area (Å²) in [5.41, 5.74) is 8.92. The minimum Gasteiger partial charge on any atom is -0.370 e. The maximum absolute atomic E-state index is 5.99. The molecule has 1 aromatic carbocycles. The van der Waals surface area contributed by atoms with Gasteiger partial charge in [0.1, 0.15) is 0 Å². The highest BCUT2D eigenvalue weighted by Crippen LogP contribution is 2.34. The quantitative estimate of drug-likeness (QED) is 0.477. The van der Waals surface area contributed by atoms with Crippen LogP contribution in [0, 0.1) is 0 Å². The molecule has 0 aliphatic heterocycles. The van der Waals surface area contributed by atoms with Crippen molar-refractivity contribution in [1.82, 2.24) is 5.32 Å². The van der Waals surface area contributed by atoms with Crippen LogP contribution in [0.4, 0.5) is 0 Å². The summed E-state index contributed by atoms with van der Waals surface area (Å²) in [7, 11) is 0. The van der Waals surface area contributed by atoms with Crippen molar-refractivity contribution in [2.75, 3.05) is 6.54 Å². The number of halogens is 1.